The lowest BCUT2D eigenvalue weighted by Crippen LogP contribution is -2.37. The van der Waals surface area contributed by atoms with E-state index < -0.39 is 46.8 Å². The SMILES string of the molecule is C[C@H]1Oc2ccc(NC(=O)c3c(F)cccc3F)cc2CN(Cc2cc(F)cc(F)c2)C1=O. The standard InChI is InChI=1S/C24H18F4N2O3/c1-13-24(32)30(11-14-7-16(25)10-17(26)8-14)12-15-9-18(5-6-21(15)33-13)29-23(31)22-19(27)3-2-4-20(22)28/h2-10,13H,11-12H2,1H3,(H,29,31)/t13-/m1/s1. The lowest BCUT2D eigenvalue weighted by atomic mass is 10.1. The van der Waals surface area contributed by atoms with Crippen LogP contribution in [-0.2, 0) is 17.9 Å². The van der Waals surface area contributed by atoms with Gasteiger partial charge in [0.25, 0.3) is 11.8 Å². The molecule has 1 aliphatic rings. The fraction of sp³-hybridized carbons (Fsp3) is 0.167. The Morgan fingerprint density at radius 2 is 1.70 bits per heavy atom. The minimum absolute atomic E-state index is 0.0222. The van der Waals surface area contributed by atoms with Crippen LogP contribution in [0.4, 0.5) is 23.2 Å². The Kier molecular flexibility index (Phi) is 6.04. The van der Waals surface area contributed by atoms with Gasteiger partial charge >= 0.3 is 0 Å². The summed E-state index contributed by atoms with van der Waals surface area (Å²) in [4.78, 5) is 26.5. The van der Waals surface area contributed by atoms with Crippen LogP contribution in [-0.4, -0.2) is 22.8 Å². The van der Waals surface area contributed by atoms with E-state index in [0.29, 0.717) is 11.3 Å². The maximum absolute atomic E-state index is 13.9. The van der Waals surface area contributed by atoms with Crippen LogP contribution in [0.2, 0.25) is 0 Å². The van der Waals surface area contributed by atoms with Crippen molar-refractivity contribution in [1.82, 2.24) is 4.90 Å². The Morgan fingerprint density at radius 3 is 2.36 bits per heavy atom. The molecule has 3 aromatic rings. The molecule has 1 aliphatic heterocycles. The molecule has 1 N–H and O–H groups in total. The number of ether oxygens (including phenoxy) is 1. The average molecular weight is 458 g/mol. The molecular formula is C24H18F4N2O3. The van der Waals surface area contributed by atoms with Gasteiger partial charge in [0.2, 0.25) is 0 Å². The minimum Gasteiger partial charge on any atom is -0.481 e. The minimum atomic E-state index is -1.00. The molecule has 9 heteroatoms. The van der Waals surface area contributed by atoms with Crippen molar-refractivity contribution in [3.05, 3.63) is 94.6 Å². The van der Waals surface area contributed by atoms with Gasteiger partial charge in [-0.1, -0.05) is 6.07 Å². The van der Waals surface area contributed by atoms with E-state index in [0.717, 1.165) is 36.4 Å². The molecule has 0 aliphatic carbocycles. The molecule has 0 bridgehead atoms. The van der Waals surface area contributed by atoms with E-state index >= 15 is 0 Å². The van der Waals surface area contributed by atoms with Crippen molar-refractivity contribution in [2.75, 3.05) is 5.32 Å². The van der Waals surface area contributed by atoms with E-state index in [1.165, 1.54) is 23.1 Å². The molecule has 0 saturated heterocycles. The van der Waals surface area contributed by atoms with E-state index in [4.69, 9.17) is 4.74 Å². The zero-order chi connectivity index (χ0) is 23.7. The number of nitrogens with one attached hydrogen (secondary N) is 1. The van der Waals surface area contributed by atoms with Gasteiger partial charge in [-0.25, -0.2) is 17.6 Å². The van der Waals surface area contributed by atoms with Gasteiger partial charge in [0.15, 0.2) is 6.10 Å². The van der Waals surface area contributed by atoms with E-state index in [2.05, 4.69) is 5.32 Å². The van der Waals surface area contributed by atoms with Crippen molar-refractivity contribution < 1.29 is 31.9 Å². The third kappa shape index (κ3) is 4.82. The molecule has 33 heavy (non-hydrogen) atoms. The van der Waals surface area contributed by atoms with Crippen molar-refractivity contribution in [2.24, 2.45) is 0 Å². The summed E-state index contributed by atoms with van der Waals surface area (Å²) in [5.41, 5.74) is 0.262. The number of hydrogen-bond donors (Lipinski definition) is 1. The molecule has 0 fully saturated rings. The molecular weight excluding hydrogens is 440 g/mol. The molecule has 0 radical (unpaired) electrons. The van der Waals surface area contributed by atoms with Crippen LogP contribution in [0.1, 0.15) is 28.4 Å². The van der Waals surface area contributed by atoms with Crippen LogP contribution in [0.25, 0.3) is 0 Å². The topological polar surface area (TPSA) is 58.6 Å². The number of fused-ring (bicyclic) bond motifs is 1. The number of nitrogens with zero attached hydrogens (tertiary/aromatic N) is 1. The third-order valence-electron chi connectivity index (χ3n) is 5.13. The Labute approximate surface area is 186 Å². The first-order valence-corrected chi connectivity index (χ1v) is 10.00. The van der Waals surface area contributed by atoms with Crippen molar-refractivity contribution >= 4 is 17.5 Å². The third-order valence-corrected chi connectivity index (χ3v) is 5.13. The van der Waals surface area contributed by atoms with Crippen LogP contribution in [0.3, 0.4) is 0 Å². The summed E-state index contributed by atoms with van der Waals surface area (Å²) < 4.78 is 60.7. The van der Waals surface area contributed by atoms with Gasteiger partial charge < -0.3 is 15.0 Å². The van der Waals surface area contributed by atoms with Crippen LogP contribution < -0.4 is 10.1 Å². The van der Waals surface area contributed by atoms with E-state index in [9.17, 15) is 27.2 Å². The van der Waals surface area contributed by atoms with E-state index in [1.807, 2.05) is 0 Å². The average Bonchev–Trinajstić information content (AvgIpc) is 2.84. The number of carbonyl (C=O) groups is 2. The number of halogens is 4. The summed E-state index contributed by atoms with van der Waals surface area (Å²) in [6, 6.07) is 10.6. The highest BCUT2D eigenvalue weighted by atomic mass is 19.1. The second-order valence-corrected chi connectivity index (χ2v) is 7.61. The van der Waals surface area contributed by atoms with Crippen LogP contribution in [0.15, 0.2) is 54.6 Å². The normalized spacial score (nSPS) is 15.5. The van der Waals surface area contributed by atoms with Gasteiger partial charge in [-0.2, -0.15) is 0 Å². The molecule has 4 rings (SSSR count). The number of rotatable bonds is 4. The number of anilines is 1. The molecule has 1 atom stereocenters. The predicted molar refractivity (Wildman–Crippen MR) is 111 cm³/mol. The zero-order valence-electron chi connectivity index (χ0n) is 17.4. The lowest BCUT2D eigenvalue weighted by Gasteiger charge is -2.22. The summed E-state index contributed by atoms with van der Waals surface area (Å²) in [5.74, 6) is -4.52. The molecule has 0 aromatic heterocycles. The number of hydrogen-bond acceptors (Lipinski definition) is 3. The van der Waals surface area contributed by atoms with Crippen LogP contribution >= 0.6 is 0 Å². The quantitative estimate of drug-likeness (QED) is 0.572. The lowest BCUT2D eigenvalue weighted by molar-refractivity contribution is -0.138. The van der Waals surface area contributed by atoms with E-state index in [-0.39, 0.29) is 24.3 Å². The van der Waals surface area contributed by atoms with Gasteiger partial charge in [-0.3, -0.25) is 9.59 Å². The Morgan fingerprint density at radius 1 is 1.03 bits per heavy atom. The number of amides is 2. The van der Waals surface area contributed by atoms with Crippen molar-refractivity contribution in [3.8, 4) is 5.75 Å². The summed E-state index contributed by atoms with van der Waals surface area (Å²) in [6.45, 7) is 1.50. The van der Waals surface area contributed by atoms with Gasteiger partial charge in [0, 0.05) is 30.4 Å². The second-order valence-electron chi connectivity index (χ2n) is 7.61. The molecule has 2 amide bonds. The smallest absolute Gasteiger partial charge is 0.263 e. The molecule has 0 saturated carbocycles. The highest BCUT2D eigenvalue weighted by Gasteiger charge is 2.28. The van der Waals surface area contributed by atoms with Crippen molar-refractivity contribution in [3.63, 3.8) is 0 Å². The van der Waals surface area contributed by atoms with Crippen molar-refractivity contribution in [1.29, 1.82) is 0 Å². The van der Waals surface area contributed by atoms with Gasteiger partial charge in [-0.15, -0.1) is 0 Å². The van der Waals surface area contributed by atoms with Gasteiger partial charge in [-0.05, 0) is 55.0 Å². The molecule has 0 spiro atoms. The summed E-state index contributed by atoms with van der Waals surface area (Å²) in [7, 11) is 0. The van der Waals surface area contributed by atoms with Crippen molar-refractivity contribution in [2.45, 2.75) is 26.1 Å². The van der Waals surface area contributed by atoms with Gasteiger partial charge in [0.05, 0.1) is 0 Å². The zero-order valence-corrected chi connectivity index (χ0v) is 17.4. The Hall–Kier alpha value is -3.88. The van der Waals surface area contributed by atoms with E-state index in [1.54, 1.807) is 6.92 Å². The number of benzene rings is 3. The fourth-order valence-electron chi connectivity index (χ4n) is 3.64. The maximum atomic E-state index is 13.9. The first-order chi connectivity index (χ1) is 15.7. The van der Waals surface area contributed by atoms with Gasteiger partial charge in [0.1, 0.15) is 34.6 Å². The maximum Gasteiger partial charge on any atom is 0.263 e. The Balaban J connectivity index is 1.60. The molecule has 170 valence electrons. The first kappa shape index (κ1) is 22.3. The Bertz CT molecular complexity index is 1210. The summed E-state index contributed by atoms with van der Waals surface area (Å²) >= 11 is 0. The molecule has 5 nitrogen and oxygen atoms in total. The van der Waals surface area contributed by atoms with Crippen LogP contribution in [0, 0.1) is 23.3 Å². The number of carbonyl (C=O) groups excluding carboxylic acids is 2. The first-order valence-electron chi connectivity index (χ1n) is 10.00. The highest BCUT2D eigenvalue weighted by Crippen LogP contribution is 2.30. The fourth-order valence-corrected chi connectivity index (χ4v) is 3.64. The summed E-state index contributed by atoms with van der Waals surface area (Å²) in [5, 5.41) is 2.44. The largest absolute Gasteiger partial charge is 0.481 e. The molecule has 0 unspecified atom stereocenters. The predicted octanol–water partition coefficient (Wildman–Crippen LogP) is 4.81. The highest BCUT2D eigenvalue weighted by molar-refractivity contribution is 6.04. The van der Waals surface area contributed by atoms with Crippen LogP contribution in [0.5, 0.6) is 5.75 Å². The molecule has 1 heterocycles. The monoisotopic (exact) mass is 458 g/mol. The molecule has 3 aromatic carbocycles. The second kappa shape index (κ2) is 8.93. The summed E-state index contributed by atoms with van der Waals surface area (Å²) in [6.07, 6.45) is -0.863.